The lowest BCUT2D eigenvalue weighted by atomic mass is 10.2. The molecule has 0 unspecified atom stereocenters. The van der Waals surface area contributed by atoms with Crippen molar-refractivity contribution in [2.45, 2.75) is 0 Å². The summed E-state index contributed by atoms with van der Waals surface area (Å²) >= 11 is 0. The normalized spacial score (nSPS) is 11.3. The first-order valence-electron chi connectivity index (χ1n) is 5.80. The van der Waals surface area contributed by atoms with E-state index in [-0.39, 0.29) is 0 Å². The Hall–Kier alpha value is -2.62. The van der Waals surface area contributed by atoms with Crippen LogP contribution in [0.2, 0.25) is 0 Å². The molecule has 2 aromatic carbocycles. The Morgan fingerprint density at radius 2 is 1.78 bits per heavy atom. The Labute approximate surface area is 103 Å². The van der Waals surface area contributed by atoms with Crippen LogP contribution in [0.15, 0.2) is 54.7 Å². The van der Waals surface area contributed by atoms with E-state index in [1.807, 2.05) is 59.4 Å². The fraction of sp³-hybridized carbons (Fsp3) is 0. The number of benzene rings is 2. The van der Waals surface area contributed by atoms with Crippen LogP contribution in [-0.2, 0) is 0 Å². The van der Waals surface area contributed by atoms with Crippen LogP contribution in [0.3, 0.4) is 0 Å². The average molecular weight is 234 g/mol. The molecule has 4 rings (SSSR count). The van der Waals surface area contributed by atoms with Gasteiger partial charge in [0.15, 0.2) is 5.82 Å². The van der Waals surface area contributed by atoms with E-state index in [0.29, 0.717) is 0 Å². The summed E-state index contributed by atoms with van der Waals surface area (Å²) in [6, 6.07) is 16.1. The number of H-pyrrole nitrogens is 1. The number of nitrogens with one attached hydrogen (secondary N) is 1. The van der Waals surface area contributed by atoms with Crippen molar-refractivity contribution >= 4 is 21.8 Å². The largest absolute Gasteiger partial charge is 0.276 e. The summed E-state index contributed by atoms with van der Waals surface area (Å²) in [5, 5.41) is 14.1. The lowest BCUT2D eigenvalue weighted by Crippen LogP contribution is -1.94. The predicted molar refractivity (Wildman–Crippen MR) is 70.7 cm³/mol. The molecule has 0 atom stereocenters. The van der Waals surface area contributed by atoms with Crippen LogP contribution in [0.1, 0.15) is 0 Å². The Morgan fingerprint density at radius 1 is 0.944 bits per heavy atom. The van der Waals surface area contributed by atoms with E-state index in [2.05, 4.69) is 15.3 Å². The summed E-state index contributed by atoms with van der Waals surface area (Å²) in [4.78, 5) is 0. The molecular weight excluding hydrogens is 224 g/mol. The van der Waals surface area contributed by atoms with Crippen LogP contribution in [0.4, 0.5) is 0 Å². The number of fused-ring (bicyclic) bond motifs is 2. The maximum atomic E-state index is 4.54. The third-order valence-electron chi connectivity index (χ3n) is 3.08. The molecular formula is C14H10N4. The topological polar surface area (TPSA) is 46.5 Å². The molecule has 0 aliphatic heterocycles. The third-order valence-corrected chi connectivity index (χ3v) is 3.08. The van der Waals surface area contributed by atoms with Crippen molar-refractivity contribution in [1.82, 2.24) is 20.0 Å². The number of hydrogen-bond acceptors (Lipinski definition) is 2. The minimum Gasteiger partial charge on any atom is -0.276 e. The molecule has 0 bridgehead atoms. The van der Waals surface area contributed by atoms with Crippen LogP contribution in [0, 0.1) is 0 Å². The van der Waals surface area contributed by atoms with E-state index >= 15 is 0 Å². The Morgan fingerprint density at radius 3 is 2.72 bits per heavy atom. The van der Waals surface area contributed by atoms with Crippen molar-refractivity contribution in [3.63, 3.8) is 0 Å². The maximum Gasteiger partial charge on any atom is 0.182 e. The quantitative estimate of drug-likeness (QED) is 0.550. The molecule has 0 radical (unpaired) electrons. The van der Waals surface area contributed by atoms with Gasteiger partial charge in [0.25, 0.3) is 0 Å². The van der Waals surface area contributed by atoms with Crippen LogP contribution in [-0.4, -0.2) is 20.0 Å². The molecule has 4 heteroatoms. The van der Waals surface area contributed by atoms with Gasteiger partial charge in [-0.1, -0.05) is 30.3 Å². The number of para-hydroxylation sites is 1. The van der Waals surface area contributed by atoms with Crippen molar-refractivity contribution in [3.8, 4) is 5.82 Å². The summed E-state index contributed by atoms with van der Waals surface area (Å²) in [6.07, 6.45) is 2.00. The highest BCUT2D eigenvalue weighted by molar-refractivity contribution is 5.86. The van der Waals surface area contributed by atoms with Crippen molar-refractivity contribution in [2.24, 2.45) is 0 Å². The van der Waals surface area contributed by atoms with E-state index in [1.54, 1.807) is 0 Å². The summed E-state index contributed by atoms with van der Waals surface area (Å²) in [7, 11) is 0. The highest BCUT2D eigenvalue weighted by Gasteiger charge is 2.08. The zero-order valence-corrected chi connectivity index (χ0v) is 9.54. The molecule has 1 N–H and O–H groups in total. The van der Waals surface area contributed by atoms with Gasteiger partial charge in [0.2, 0.25) is 0 Å². The summed E-state index contributed by atoms with van der Waals surface area (Å²) in [5.74, 6) is 0.835. The van der Waals surface area contributed by atoms with Crippen LogP contribution in [0.5, 0.6) is 0 Å². The SMILES string of the molecule is c1ccc2nn(-c3n[nH]c4ccccc34)cc2c1. The van der Waals surface area contributed by atoms with Gasteiger partial charge in [0.05, 0.1) is 11.0 Å². The molecule has 86 valence electrons. The standard InChI is InChI=1S/C14H10N4/c1-3-7-12-10(5-1)9-18(17-12)14-11-6-2-4-8-13(11)15-16-14/h1-9H,(H,15,16). The summed E-state index contributed by atoms with van der Waals surface area (Å²) < 4.78 is 1.82. The van der Waals surface area contributed by atoms with Gasteiger partial charge >= 0.3 is 0 Å². The van der Waals surface area contributed by atoms with Crippen molar-refractivity contribution in [3.05, 3.63) is 54.7 Å². The van der Waals surface area contributed by atoms with E-state index in [0.717, 1.165) is 27.6 Å². The first-order valence-corrected chi connectivity index (χ1v) is 5.80. The third kappa shape index (κ3) is 1.26. The molecule has 0 aliphatic rings. The molecule has 4 nitrogen and oxygen atoms in total. The Bertz CT molecular complexity index is 808. The van der Waals surface area contributed by atoms with Gasteiger partial charge < -0.3 is 0 Å². The minimum absolute atomic E-state index is 0.835. The minimum atomic E-state index is 0.835. The van der Waals surface area contributed by atoms with Crippen LogP contribution < -0.4 is 0 Å². The monoisotopic (exact) mass is 234 g/mol. The molecule has 2 aromatic heterocycles. The molecule has 2 heterocycles. The molecule has 0 amide bonds. The first kappa shape index (κ1) is 9.41. The smallest absolute Gasteiger partial charge is 0.182 e. The summed E-state index contributed by atoms with van der Waals surface area (Å²) in [5.41, 5.74) is 2.00. The highest BCUT2D eigenvalue weighted by atomic mass is 15.3. The zero-order chi connectivity index (χ0) is 11.9. The van der Waals surface area contributed by atoms with Gasteiger partial charge in [-0.15, -0.1) is 0 Å². The van der Waals surface area contributed by atoms with E-state index in [1.165, 1.54) is 0 Å². The second-order valence-electron chi connectivity index (χ2n) is 4.23. The van der Waals surface area contributed by atoms with Crippen molar-refractivity contribution in [2.75, 3.05) is 0 Å². The predicted octanol–water partition coefficient (Wildman–Crippen LogP) is 2.90. The fourth-order valence-electron chi connectivity index (χ4n) is 2.20. The number of aromatic amines is 1. The van der Waals surface area contributed by atoms with Crippen LogP contribution >= 0.6 is 0 Å². The number of rotatable bonds is 1. The first-order chi connectivity index (χ1) is 8.92. The second kappa shape index (κ2) is 3.43. The maximum absolute atomic E-state index is 4.54. The molecule has 0 fully saturated rings. The van der Waals surface area contributed by atoms with Crippen molar-refractivity contribution < 1.29 is 0 Å². The van der Waals surface area contributed by atoms with Gasteiger partial charge in [0.1, 0.15) is 0 Å². The number of nitrogens with zero attached hydrogens (tertiary/aromatic N) is 3. The van der Waals surface area contributed by atoms with E-state index < -0.39 is 0 Å². The number of aromatic nitrogens is 4. The van der Waals surface area contributed by atoms with Gasteiger partial charge in [-0.2, -0.15) is 10.2 Å². The van der Waals surface area contributed by atoms with Gasteiger partial charge in [-0.05, 0) is 18.2 Å². The van der Waals surface area contributed by atoms with Gasteiger partial charge in [-0.3, -0.25) is 5.10 Å². The van der Waals surface area contributed by atoms with E-state index in [9.17, 15) is 0 Å². The lowest BCUT2D eigenvalue weighted by molar-refractivity contribution is 0.854. The fourth-order valence-corrected chi connectivity index (χ4v) is 2.20. The number of hydrogen-bond donors (Lipinski definition) is 1. The van der Waals surface area contributed by atoms with Crippen LogP contribution in [0.25, 0.3) is 27.6 Å². The van der Waals surface area contributed by atoms with Crippen molar-refractivity contribution in [1.29, 1.82) is 0 Å². The highest BCUT2D eigenvalue weighted by Crippen LogP contribution is 2.20. The second-order valence-corrected chi connectivity index (χ2v) is 4.23. The molecule has 0 spiro atoms. The van der Waals surface area contributed by atoms with Gasteiger partial charge in [-0.25, -0.2) is 4.68 Å². The Kier molecular flexibility index (Phi) is 1.80. The van der Waals surface area contributed by atoms with Gasteiger partial charge in [0, 0.05) is 17.0 Å². The zero-order valence-electron chi connectivity index (χ0n) is 9.54. The average Bonchev–Trinajstić information content (AvgIpc) is 3.02. The molecule has 4 aromatic rings. The van der Waals surface area contributed by atoms with E-state index in [4.69, 9.17) is 0 Å². The molecule has 0 saturated heterocycles. The Balaban J connectivity index is 2.01. The lowest BCUT2D eigenvalue weighted by Gasteiger charge is -1.95. The molecule has 0 saturated carbocycles. The summed E-state index contributed by atoms with van der Waals surface area (Å²) in [6.45, 7) is 0. The molecule has 0 aliphatic carbocycles. The molecule has 18 heavy (non-hydrogen) atoms.